The predicted octanol–water partition coefficient (Wildman–Crippen LogP) is 2.77. The molecule has 0 bridgehead atoms. The van der Waals surface area contributed by atoms with Crippen LogP contribution in [0.15, 0.2) is 48.5 Å². The second kappa shape index (κ2) is 11.1. The zero-order valence-corrected chi connectivity index (χ0v) is 18.1. The number of carbonyl (C=O) groups is 2. The second-order valence-corrected chi connectivity index (χ2v) is 7.88. The third kappa shape index (κ3) is 6.55. The highest BCUT2D eigenvalue weighted by Gasteiger charge is 2.18. The number of piperazine rings is 1. The van der Waals surface area contributed by atoms with Gasteiger partial charge in [-0.05, 0) is 35.7 Å². The molecule has 1 fully saturated rings. The van der Waals surface area contributed by atoms with E-state index in [0.29, 0.717) is 12.2 Å². The van der Waals surface area contributed by atoms with Crippen LogP contribution in [0.4, 0.5) is 5.69 Å². The number of rotatable bonds is 7. The Kier molecular flexibility index (Phi) is 8.25. The molecule has 7 heteroatoms. The van der Waals surface area contributed by atoms with Crippen LogP contribution in [0.25, 0.3) is 0 Å². The van der Waals surface area contributed by atoms with Crippen LogP contribution in [0, 0.1) is 0 Å². The van der Waals surface area contributed by atoms with Crippen LogP contribution >= 0.6 is 11.6 Å². The monoisotopic (exact) mass is 428 g/mol. The van der Waals surface area contributed by atoms with Crippen molar-refractivity contribution in [2.45, 2.75) is 19.9 Å². The summed E-state index contributed by atoms with van der Waals surface area (Å²) in [7, 11) is 0. The molecule has 1 saturated heterocycles. The Morgan fingerprint density at radius 1 is 0.933 bits per heavy atom. The summed E-state index contributed by atoms with van der Waals surface area (Å²) in [5.41, 5.74) is 2.96. The molecule has 1 heterocycles. The van der Waals surface area contributed by atoms with E-state index in [1.54, 1.807) is 0 Å². The molecule has 0 radical (unpaired) electrons. The van der Waals surface area contributed by atoms with Gasteiger partial charge in [-0.15, -0.1) is 0 Å². The Morgan fingerprint density at radius 2 is 1.60 bits per heavy atom. The van der Waals surface area contributed by atoms with Gasteiger partial charge in [0.25, 0.3) is 0 Å². The zero-order valence-electron chi connectivity index (χ0n) is 17.4. The van der Waals surface area contributed by atoms with E-state index >= 15 is 0 Å². The Balaban J connectivity index is 1.33. The first-order valence-corrected chi connectivity index (χ1v) is 10.8. The summed E-state index contributed by atoms with van der Waals surface area (Å²) in [6.45, 7) is 7.85. The number of halogens is 1. The summed E-state index contributed by atoms with van der Waals surface area (Å²) in [5, 5.41) is 6.15. The van der Waals surface area contributed by atoms with Crippen molar-refractivity contribution < 1.29 is 9.59 Å². The first-order chi connectivity index (χ1) is 14.5. The molecule has 6 nitrogen and oxygen atoms in total. The van der Waals surface area contributed by atoms with Crippen molar-refractivity contribution in [2.24, 2.45) is 0 Å². The van der Waals surface area contributed by atoms with Gasteiger partial charge in [0, 0.05) is 56.5 Å². The van der Waals surface area contributed by atoms with Crippen molar-refractivity contribution in [3.8, 4) is 0 Å². The first-order valence-electron chi connectivity index (χ1n) is 10.4. The summed E-state index contributed by atoms with van der Waals surface area (Å²) < 4.78 is 0. The molecule has 0 aromatic heterocycles. The molecule has 2 amide bonds. The highest BCUT2D eigenvalue weighted by atomic mass is 35.5. The molecule has 0 spiro atoms. The van der Waals surface area contributed by atoms with E-state index in [0.717, 1.165) is 56.3 Å². The number of carbonyl (C=O) groups excluding carboxylic acids is 2. The molecule has 30 heavy (non-hydrogen) atoms. The maximum Gasteiger partial charge on any atom is 0.313 e. The Labute approximate surface area is 183 Å². The second-order valence-electron chi connectivity index (χ2n) is 7.47. The number of benzene rings is 2. The van der Waals surface area contributed by atoms with Gasteiger partial charge < -0.3 is 10.6 Å². The standard InChI is InChI=1S/C23H29ClN4O2/c1-2-18-7-9-20(10-8-18)26-23(30)22(29)25-11-12-27-13-15-28(16-14-27)17-19-5-3-4-6-21(19)24/h3-10H,2,11-17H2,1H3,(H,25,29)(H,26,30). The molecule has 0 aliphatic carbocycles. The van der Waals surface area contributed by atoms with Gasteiger partial charge in [0.1, 0.15) is 0 Å². The average molecular weight is 429 g/mol. The van der Waals surface area contributed by atoms with E-state index in [-0.39, 0.29) is 0 Å². The quantitative estimate of drug-likeness (QED) is 0.665. The van der Waals surface area contributed by atoms with Crippen LogP contribution in [0.3, 0.4) is 0 Å². The Bertz CT molecular complexity index is 849. The molecule has 1 aliphatic rings. The number of aryl methyl sites for hydroxylation is 1. The van der Waals surface area contributed by atoms with E-state index in [4.69, 9.17) is 11.6 Å². The van der Waals surface area contributed by atoms with Gasteiger partial charge >= 0.3 is 11.8 Å². The number of nitrogens with zero attached hydrogens (tertiary/aromatic N) is 2. The molecule has 2 aromatic rings. The summed E-state index contributed by atoms with van der Waals surface area (Å²) in [5.74, 6) is -1.24. The average Bonchev–Trinajstić information content (AvgIpc) is 2.77. The summed E-state index contributed by atoms with van der Waals surface area (Å²) >= 11 is 6.25. The van der Waals surface area contributed by atoms with E-state index in [9.17, 15) is 9.59 Å². The van der Waals surface area contributed by atoms with Gasteiger partial charge in [0.15, 0.2) is 0 Å². The fourth-order valence-corrected chi connectivity index (χ4v) is 3.65. The molecule has 160 valence electrons. The van der Waals surface area contributed by atoms with Crippen LogP contribution in [0.1, 0.15) is 18.1 Å². The molecular weight excluding hydrogens is 400 g/mol. The SMILES string of the molecule is CCc1ccc(NC(=O)C(=O)NCCN2CCN(Cc3ccccc3Cl)CC2)cc1. The van der Waals surface area contributed by atoms with Gasteiger partial charge in [0.2, 0.25) is 0 Å². The van der Waals surface area contributed by atoms with Crippen molar-refractivity contribution in [1.29, 1.82) is 0 Å². The van der Waals surface area contributed by atoms with Crippen LogP contribution < -0.4 is 10.6 Å². The van der Waals surface area contributed by atoms with Crippen molar-refractivity contribution in [2.75, 3.05) is 44.6 Å². The lowest BCUT2D eigenvalue weighted by molar-refractivity contribution is -0.136. The number of amides is 2. The maximum absolute atomic E-state index is 12.0. The third-order valence-corrected chi connectivity index (χ3v) is 5.73. The fourth-order valence-electron chi connectivity index (χ4n) is 3.46. The maximum atomic E-state index is 12.0. The van der Waals surface area contributed by atoms with Gasteiger partial charge in [0.05, 0.1) is 0 Å². The minimum atomic E-state index is -0.635. The Morgan fingerprint density at radius 3 is 2.27 bits per heavy atom. The lowest BCUT2D eigenvalue weighted by Crippen LogP contribution is -2.48. The van der Waals surface area contributed by atoms with E-state index in [2.05, 4.69) is 33.4 Å². The first kappa shape index (κ1) is 22.3. The lowest BCUT2D eigenvalue weighted by Gasteiger charge is -2.34. The third-order valence-electron chi connectivity index (χ3n) is 5.36. The van der Waals surface area contributed by atoms with Gasteiger partial charge in [-0.2, -0.15) is 0 Å². The zero-order chi connectivity index (χ0) is 21.3. The lowest BCUT2D eigenvalue weighted by atomic mass is 10.1. The fraction of sp³-hybridized carbons (Fsp3) is 0.391. The van der Waals surface area contributed by atoms with Crippen LogP contribution in [0.2, 0.25) is 5.02 Å². The van der Waals surface area contributed by atoms with Gasteiger partial charge in [-0.1, -0.05) is 48.9 Å². The molecule has 0 atom stereocenters. The van der Waals surface area contributed by atoms with Gasteiger partial charge in [-0.3, -0.25) is 19.4 Å². The summed E-state index contributed by atoms with van der Waals surface area (Å²) in [6, 6.07) is 15.5. The van der Waals surface area contributed by atoms with Crippen molar-refractivity contribution in [3.63, 3.8) is 0 Å². The largest absolute Gasteiger partial charge is 0.347 e. The number of nitrogens with one attached hydrogen (secondary N) is 2. The minimum absolute atomic E-state index is 0.450. The molecule has 2 N–H and O–H groups in total. The van der Waals surface area contributed by atoms with Crippen molar-refractivity contribution >= 4 is 29.1 Å². The van der Waals surface area contributed by atoms with E-state index in [1.807, 2.05) is 42.5 Å². The highest BCUT2D eigenvalue weighted by molar-refractivity contribution is 6.39. The number of hydrogen-bond donors (Lipinski definition) is 2. The molecule has 1 aliphatic heterocycles. The molecule has 2 aromatic carbocycles. The molecule has 0 saturated carbocycles. The van der Waals surface area contributed by atoms with E-state index in [1.165, 1.54) is 5.56 Å². The topological polar surface area (TPSA) is 64.7 Å². The van der Waals surface area contributed by atoms with Crippen molar-refractivity contribution in [3.05, 3.63) is 64.7 Å². The summed E-state index contributed by atoms with van der Waals surface area (Å²) in [4.78, 5) is 28.8. The predicted molar refractivity (Wildman–Crippen MR) is 121 cm³/mol. The minimum Gasteiger partial charge on any atom is -0.347 e. The molecular formula is C23H29ClN4O2. The van der Waals surface area contributed by atoms with Crippen molar-refractivity contribution in [1.82, 2.24) is 15.1 Å². The van der Waals surface area contributed by atoms with Gasteiger partial charge in [-0.25, -0.2) is 0 Å². The smallest absolute Gasteiger partial charge is 0.313 e. The Hall–Kier alpha value is -2.41. The molecule has 3 rings (SSSR count). The van der Waals surface area contributed by atoms with E-state index < -0.39 is 11.8 Å². The normalized spacial score (nSPS) is 15.0. The molecule has 0 unspecified atom stereocenters. The van der Waals surface area contributed by atoms with Crippen LogP contribution in [0.5, 0.6) is 0 Å². The summed E-state index contributed by atoms with van der Waals surface area (Å²) in [6.07, 6.45) is 0.934. The number of hydrogen-bond acceptors (Lipinski definition) is 4. The van der Waals surface area contributed by atoms with Crippen LogP contribution in [-0.2, 0) is 22.6 Å². The van der Waals surface area contributed by atoms with Crippen LogP contribution in [-0.4, -0.2) is 60.9 Å². The highest BCUT2D eigenvalue weighted by Crippen LogP contribution is 2.17. The number of anilines is 1.